The topological polar surface area (TPSA) is 78.7 Å². The molecule has 108 valence electrons. The minimum atomic E-state index is -0.480. The molecule has 0 radical (unpaired) electrons. The summed E-state index contributed by atoms with van der Waals surface area (Å²) >= 11 is 0. The van der Waals surface area contributed by atoms with E-state index in [9.17, 15) is 14.9 Å². The number of carbonyl (C=O) groups is 1. The van der Waals surface area contributed by atoms with E-state index in [-0.39, 0.29) is 11.6 Å². The lowest BCUT2D eigenvalue weighted by atomic mass is 10.1. The van der Waals surface area contributed by atoms with Gasteiger partial charge in [0, 0.05) is 57.3 Å². The first-order valence-corrected chi connectivity index (χ1v) is 6.42. The van der Waals surface area contributed by atoms with Crippen LogP contribution in [0, 0.1) is 16.0 Å². The number of hydrogen-bond donors (Lipinski definition) is 1. The van der Waals surface area contributed by atoms with E-state index in [4.69, 9.17) is 0 Å². The molecule has 1 aliphatic rings. The van der Waals surface area contributed by atoms with Gasteiger partial charge in [0.05, 0.1) is 4.92 Å². The molecule has 1 aromatic rings. The average molecular weight is 278 g/mol. The van der Waals surface area contributed by atoms with Crippen LogP contribution in [0.2, 0.25) is 0 Å². The van der Waals surface area contributed by atoms with E-state index in [1.54, 1.807) is 0 Å². The molecule has 1 heterocycles. The summed E-state index contributed by atoms with van der Waals surface area (Å²) in [5, 5.41) is 17.6. The zero-order valence-corrected chi connectivity index (χ0v) is 11.6. The minimum absolute atomic E-state index is 0.0133. The number of rotatable bonds is 4. The summed E-state index contributed by atoms with van der Waals surface area (Å²) in [6.45, 7) is 2.43. The van der Waals surface area contributed by atoms with Crippen molar-refractivity contribution in [3.8, 4) is 0 Å². The van der Waals surface area contributed by atoms with Crippen LogP contribution in [0.25, 0.3) is 0 Å². The van der Waals surface area contributed by atoms with Gasteiger partial charge in [-0.3, -0.25) is 14.9 Å². The molecule has 1 amide bonds. The highest BCUT2D eigenvalue weighted by Crippen LogP contribution is 2.13. The molecule has 1 aliphatic heterocycles. The van der Waals surface area contributed by atoms with E-state index in [1.165, 1.54) is 24.3 Å². The van der Waals surface area contributed by atoms with E-state index in [2.05, 4.69) is 15.3 Å². The SMILES string of the molecule is CN1CC(CNC(=O)c2ccc([N+](=O)[O-])cc2)CN1C. The molecule has 1 saturated heterocycles. The van der Waals surface area contributed by atoms with Crippen LogP contribution in [0.5, 0.6) is 0 Å². The highest BCUT2D eigenvalue weighted by atomic mass is 16.6. The third-order valence-corrected chi connectivity index (χ3v) is 3.52. The zero-order valence-electron chi connectivity index (χ0n) is 11.6. The van der Waals surface area contributed by atoms with Gasteiger partial charge in [0.1, 0.15) is 0 Å². The zero-order chi connectivity index (χ0) is 14.7. The maximum atomic E-state index is 11.9. The molecule has 0 saturated carbocycles. The second-order valence-corrected chi connectivity index (χ2v) is 5.06. The maximum Gasteiger partial charge on any atom is 0.269 e. The van der Waals surface area contributed by atoms with Crippen LogP contribution in [0.15, 0.2) is 24.3 Å². The standard InChI is InChI=1S/C13H18N4O3/c1-15-8-10(9-16(15)2)7-14-13(18)11-3-5-12(6-4-11)17(19)20/h3-6,10H,7-9H2,1-2H3,(H,14,18). The number of nitrogens with zero attached hydrogens (tertiary/aromatic N) is 3. The van der Waals surface area contributed by atoms with Crippen molar-refractivity contribution in [3.05, 3.63) is 39.9 Å². The molecule has 0 bridgehead atoms. The Bertz CT molecular complexity index is 493. The summed E-state index contributed by atoms with van der Waals surface area (Å²) in [7, 11) is 4.02. The first kappa shape index (κ1) is 14.4. The van der Waals surface area contributed by atoms with Gasteiger partial charge in [-0.1, -0.05) is 0 Å². The van der Waals surface area contributed by atoms with Crippen LogP contribution in [-0.2, 0) is 0 Å². The van der Waals surface area contributed by atoms with Crippen molar-refractivity contribution in [2.45, 2.75) is 0 Å². The Hall–Kier alpha value is -1.99. The molecule has 7 nitrogen and oxygen atoms in total. The lowest BCUT2D eigenvalue weighted by Crippen LogP contribution is -2.31. The van der Waals surface area contributed by atoms with E-state index >= 15 is 0 Å². The fraction of sp³-hybridized carbons (Fsp3) is 0.462. The molecule has 20 heavy (non-hydrogen) atoms. The molecule has 0 spiro atoms. The summed E-state index contributed by atoms with van der Waals surface area (Å²) in [4.78, 5) is 22.0. The number of amides is 1. The Morgan fingerprint density at radius 3 is 2.35 bits per heavy atom. The summed E-state index contributed by atoms with van der Waals surface area (Å²) in [6.07, 6.45) is 0. The predicted molar refractivity (Wildman–Crippen MR) is 74.2 cm³/mol. The van der Waals surface area contributed by atoms with Crippen LogP contribution < -0.4 is 5.32 Å². The first-order chi connectivity index (χ1) is 9.47. The highest BCUT2D eigenvalue weighted by molar-refractivity contribution is 5.94. The molecule has 0 aromatic heterocycles. The van der Waals surface area contributed by atoms with Crippen molar-refractivity contribution in [3.63, 3.8) is 0 Å². The van der Waals surface area contributed by atoms with Gasteiger partial charge in [-0.2, -0.15) is 0 Å². The molecule has 1 aromatic carbocycles. The van der Waals surface area contributed by atoms with Crippen LogP contribution in [-0.4, -0.2) is 54.6 Å². The molecule has 0 unspecified atom stereocenters. The fourth-order valence-electron chi connectivity index (χ4n) is 2.29. The Kier molecular flexibility index (Phi) is 4.31. The van der Waals surface area contributed by atoms with E-state index in [0.29, 0.717) is 18.0 Å². The van der Waals surface area contributed by atoms with Crippen molar-refractivity contribution in [1.82, 2.24) is 15.3 Å². The number of nitro groups is 1. The van der Waals surface area contributed by atoms with Crippen LogP contribution in [0.4, 0.5) is 5.69 Å². The Labute approximate surface area is 117 Å². The smallest absolute Gasteiger partial charge is 0.269 e. The van der Waals surface area contributed by atoms with Crippen molar-refractivity contribution in [2.75, 3.05) is 33.7 Å². The van der Waals surface area contributed by atoms with Crippen molar-refractivity contribution in [2.24, 2.45) is 5.92 Å². The molecular formula is C13H18N4O3. The van der Waals surface area contributed by atoms with Gasteiger partial charge in [-0.25, -0.2) is 10.0 Å². The van der Waals surface area contributed by atoms with Crippen LogP contribution in [0.3, 0.4) is 0 Å². The summed E-state index contributed by atoms with van der Waals surface area (Å²) in [5.74, 6) is 0.198. The molecule has 7 heteroatoms. The van der Waals surface area contributed by atoms with Crippen molar-refractivity contribution in [1.29, 1.82) is 0 Å². The Balaban J connectivity index is 1.87. The molecule has 0 aliphatic carbocycles. The predicted octanol–water partition coefficient (Wildman–Crippen LogP) is 0.733. The lowest BCUT2D eigenvalue weighted by molar-refractivity contribution is -0.384. The highest BCUT2D eigenvalue weighted by Gasteiger charge is 2.24. The minimum Gasteiger partial charge on any atom is -0.352 e. The van der Waals surface area contributed by atoms with Crippen molar-refractivity contribution >= 4 is 11.6 Å². The maximum absolute atomic E-state index is 11.9. The number of hydrogen-bond acceptors (Lipinski definition) is 5. The molecule has 2 rings (SSSR count). The van der Waals surface area contributed by atoms with Gasteiger partial charge in [0.15, 0.2) is 0 Å². The summed E-state index contributed by atoms with van der Waals surface area (Å²) in [5.41, 5.74) is 0.427. The average Bonchev–Trinajstić information content (AvgIpc) is 2.75. The third-order valence-electron chi connectivity index (χ3n) is 3.52. The molecule has 0 atom stereocenters. The fourth-order valence-corrected chi connectivity index (χ4v) is 2.29. The summed E-state index contributed by atoms with van der Waals surface area (Å²) < 4.78 is 0. The molecular weight excluding hydrogens is 260 g/mol. The van der Waals surface area contributed by atoms with Gasteiger partial charge >= 0.3 is 0 Å². The van der Waals surface area contributed by atoms with Crippen molar-refractivity contribution < 1.29 is 9.72 Å². The number of nitro benzene ring substituents is 1. The van der Waals surface area contributed by atoms with E-state index in [0.717, 1.165) is 13.1 Å². The number of hydrazine groups is 1. The normalized spacial score (nSPS) is 17.3. The second kappa shape index (κ2) is 5.98. The van der Waals surface area contributed by atoms with Gasteiger partial charge in [-0.15, -0.1) is 0 Å². The van der Waals surface area contributed by atoms with E-state index in [1.807, 2.05) is 14.1 Å². The number of carbonyl (C=O) groups excluding carboxylic acids is 1. The third kappa shape index (κ3) is 3.31. The number of non-ortho nitro benzene ring substituents is 1. The van der Waals surface area contributed by atoms with Gasteiger partial charge in [0.2, 0.25) is 0 Å². The Morgan fingerprint density at radius 2 is 1.85 bits per heavy atom. The lowest BCUT2D eigenvalue weighted by Gasteiger charge is -2.16. The molecule has 1 fully saturated rings. The Morgan fingerprint density at radius 1 is 1.30 bits per heavy atom. The van der Waals surface area contributed by atoms with Crippen LogP contribution >= 0.6 is 0 Å². The van der Waals surface area contributed by atoms with Gasteiger partial charge in [-0.05, 0) is 12.1 Å². The molecule has 1 N–H and O–H groups in total. The summed E-state index contributed by atoms with van der Waals surface area (Å²) in [6, 6.07) is 5.62. The number of nitrogens with one attached hydrogen (secondary N) is 1. The van der Waals surface area contributed by atoms with E-state index < -0.39 is 4.92 Å². The monoisotopic (exact) mass is 278 g/mol. The van der Waals surface area contributed by atoms with Gasteiger partial charge in [0.25, 0.3) is 11.6 Å². The largest absolute Gasteiger partial charge is 0.352 e. The van der Waals surface area contributed by atoms with Crippen LogP contribution in [0.1, 0.15) is 10.4 Å². The first-order valence-electron chi connectivity index (χ1n) is 6.42. The quantitative estimate of drug-likeness (QED) is 0.649. The van der Waals surface area contributed by atoms with Gasteiger partial charge < -0.3 is 5.32 Å². The second-order valence-electron chi connectivity index (χ2n) is 5.06. The number of benzene rings is 1.